The molecule has 0 fully saturated rings. The number of hydrogen-bond acceptors (Lipinski definition) is 2. The minimum absolute atomic E-state index is 0. The maximum atomic E-state index is 9.47. The van der Waals surface area contributed by atoms with Crippen LogP contribution in [0.2, 0.25) is 5.02 Å². The Morgan fingerprint density at radius 3 is 2.62 bits per heavy atom. The van der Waals surface area contributed by atoms with Crippen LogP contribution in [-0.2, 0) is 6.42 Å². The molecular weight excluding hydrogens is 305 g/mol. The molecule has 2 rings (SSSR count). The first kappa shape index (κ1) is 17.8. The van der Waals surface area contributed by atoms with Gasteiger partial charge in [0.25, 0.3) is 0 Å². The van der Waals surface area contributed by atoms with E-state index in [-0.39, 0.29) is 18.4 Å². The largest absolute Gasteiger partial charge is 0.508 e. The molecule has 0 spiro atoms. The third-order valence-electron chi connectivity index (χ3n) is 3.40. The molecule has 0 radical (unpaired) electrons. The van der Waals surface area contributed by atoms with Crippen LogP contribution < -0.4 is 5.32 Å². The maximum Gasteiger partial charge on any atom is 0.115 e. The van der Waals surface area contributed by atoms with Crippen molar-refractivity contribution in [1.29, 1.82) is 0 Å². The van der Waals surface area contributed by atoms with Crippen LogP contribution >= 0.6 is 24.0 Å². The quantitative estimate of drug-likeness (QED) is 0.751. The highest BCUT2D eigenvalue weighted by molar-refractivity contribution is 6.31. The van der Waals surface area contributed by atoms with Crippen molar-refractivity contribution in [3.8, 4) is 5.75 Å². The molecule has 2 N–H and O–H groups in total. The van der Waals surface area contributed by atoms with E-state index in [9.17, 15) is 5.11 Å². The molecule has 0 heterocycles. The smallest absolute Gasteiger partial charge is 0.115 e. The molecular formula is C17H21Cl2NO. The Balaban J connectivity index is 0.00000220. The third kappa shape index (κ3) is 5.58. The van der Waals surface area contributed by atoms with Gasteiger partial charge in [0.1, 0.15) is 5.75 Å². The second-order valence-electron chi connectivity index (χ2n) is 4.97. The molecule has 0 bridgehead atoms. The number of benzene rings is 2. The Kier molecular flexibility index (Phi) is 7.58. The van der Waals surface area contributed by atoms with Crippen LogP contribution in [0.3, 0.4) is 0 Å². The fourth-order valence-corrected chi connectivity index (χ4v) is 2.44. The van der Waals surface area contributed by atoms with Gasteiger partial charge in [0.15, 0.2) is 0 Å². The lowest BCUT2D eigenvalue weighted by atomic mass is 10.1. The summed E-state index contributed by atoms with van der Waals surface area (Å²) in [5, 5.41) is 13.8. The van der Waals surface area contributed by atoms with E-state index in [1.165, 1.54) is 5.56 Å². The van der Waals surface area contributed by atoms with Crippen molar-refractivity contribution < 1.29 is 5.11 Å². The van der Waals surface area contributed by atoms with E-state index in [1.807, 2.05) is 30.3 Å². The highest BCUT2D eigenvalue weighted by Crippen LogP contribution is 2.18. The zero-order valence-corrected chi connectivity index (χ0v) is 13.6. The number of halogens is 2. The van der Waals surface area contributed by atoms with Gasteiger partial charge in [0.05, 0.1) is 0 Å². The fraction of sp³-hybridized carbons (Fsp3) is 0.294. The molecule has 2 aromatic carbocycles. The Labute approximate surface area is 137 Å². The summed E-state index contributed by atoms with van der Waals surface area (Å²) >= 11 is 6.13. The molecule has 2 nitrogen and oxygen atoms in total. The van der Waals surface area contributed by atoms with E-state index >= 15 is 0 Å². The Morgan fingerprint density at radius 2 is 1.90 bits per heavy atom. The van der Waals surface area contributed by atoms with Crippen molar-refractivity contribution in [2.45, 2.75) is 25.8 Å². The van der Waals surface area contributed by atoms with Crippen molar-refractivity contribution in [2.75, 3.05) is 6.54 Å². The predicted molar refractivity (Wildman–Crippen MR) is 91.5 cm³/mol. The molecule has 0 aliphatic rings. The predicted octanol–water partition coefficient (Wildman–Crippen LogP) is 4.75. The summed E-state index contributed by atoms with van der Waals surface area (Å²) in [6.07, 6.45) is 2.01. The highest BCUT2D eigenvalue weighted by atomic mass is 35.5. The first-order valence-electron chi connectivity index (χ1n) is 6.92. The lowest BCUT2D eigenvalue weighted by molar-refractivity contribution is 0.472. The van der Waals surface area contributed by atoms with Gasteiger partial charge in [0.2, 0.25) is 0 Å². The molecule has 0 saturated carbocycles. The average molecular weight is 326 g/mol. The van der Waals surface area contributed by atoms with Crippen molar-refractivity contribution in [1.82, 2.24) is 5.32 Å². The number of phenols is 1. The van der Waals surface area contributed by atoms with Crippen LogP contribution in [-0.4, -0.2) is 11.7 Å². The zero-order valence-electron chi connectivity index (χ0n) is 12.1. The van der Waals surface area contributed by atoms with Gasteiger partial charge in [-0.1, -0.05) is 41.9 Å². The van der Waals surface area contributed by atoms with Crippen molar-refractivity contribution >= 4 is 24.0 Å². The Bertz CT molecular complexity index is 560. The van der Waals surface area contributed by atoms with Crippen LogP contribution in [0, 0.1) is 0 Å². The lowest BCUT2D eigenvalue weighted by Crippen LogP contribution is -2.20. The molecule has 0 aromatic heterocycles. The minimum Gasteiger partial charge on any atom is -0.508 e. The summed E-state index contributed by atoms with van der Waals surface area (Å²) in [6.45, 7) is 3.02. The van der Waals surface area contributed by atoms with Gasteiger partial charge in [-0.15, -0.1) is 12.4 Å². The number of nitrogens with one attached hydrogen (secondary N) is 1. The second-order valence-corrected chi connectivity index (χ2v) is 5.37. The number of phenolic OH excluding ortho intramolecular Hbond substituents is 1. The van der Waals surface area contributed by atoms with Gasteiger partial charge in [0, 0.05) is 11.1 Å². The molecule has 0 saturated heterocycles. The van der Waals surface area contributed by atoms with Crippen LogP contribution in [0.5, 0.6) is 5.75 Å². The minimum atomic E-state index is 0. The van der Waals surface area contributed by atoms with Crippen molar-refractivity contribution in [3.63, 3.8) is 0 Å². The van der Waals surface area contributed by atoms with Crippen LogP contribution in [0.1, 0.15) is 30.5 Å². The van der Waals surface area contributed by atoms with E-state index in [2.05, 4.69) is 18.3 Å². The van der Waals surface area contributed by atoms with Gasteiger partial charge in [-0.25, -0.2) is 0 Å². The highest BCUT2D eigenvalue weighted by Gasteiger charge is 2.05. The van der Waals surface area contributed by atoms with Gasteiger partial charge >= 0.3 is 0 Å². The Hall–Kier alpha value is -1.22. The van der Waals surface area contributed by atoms with Gasteiger partial charge in [-0.3, -0.25) is 0 Å². The normalized spacial score (nSPS) is 11.7. The molecule has 2 aromatic rings. The monoisotopic (exact) mass is 325 g/mol. The summed E-state index contributed by atoms with van der Waals surface area (Å²) in [4.78, 5) is 0. The number of aryl methyl sites for hydroxylation is 1. The van der Waals surface area contributed by atoms with Crippen LogP contribution in [0.15, 0.2) is 48.5 Å². The van der Waals surface area contributed by atoms with Crippen molar-refractivity contribution in [2.24, 2.45) is 0 Å². The van der Waals surface area contributed by atoms with Crippen LogP contribution in [0.4, 0.5) is 0 Å². The molecule has 0 amide bonds. The molecule has 4 heteroatoms. The van der Waals surface area contributed by atoms with E-state index < -0.39 is 0 Å². The summed E-state index contributed by atoms with van der Waals surface area (Å²) in [5.74, 6) is 0.312. The van der Waals surface area contributed by atoms with E-state index in [1.54, 1.807) is 12.1 Å². The van der Waals surface area contributed by atoms with Crippen molar-refractivity contribution in [3.05, 3.63) is 64.7 Å². The van der Waals surface area contributed by atoms with E-state index in [4.69, 9.17) is 11.6 Å². The van der Waals surface area contributed by atoms with E-state index in [0.717, 1.165) is 30.0 Å². The number of rotatable bonds is 6. The third-order valence-corrected chi connectivity index (χ3v) is 3.77. The molecule has 1 atom stereocenters. The topological polar surface area (TPSA) is 32.3 Å². The molecule has 0 aliphatic carbocycles. The molecule has 114 valence electrons. The summed E-state index contributed by atoms with van der Waals surface area (Å²) < 4.78 is 0. The second kappa shape index (κ2) is 8.93. The van der Waals surface area contributed by atoms with Gasteiger partial charge in [-0.05, 0) is 55.6 Å². The summed E-state index contributed by atoms with van der Waals surface area (Å²) in [5.41, 5.74) is 2.30. The SMILES string of the molecule is CC(NCCCc1ccccc1Cl)c1cccc(O)c1.Cl. The van der Waals surface area contributed by atoms with Crippen LogP contribution in [0.25, 0.3) is 0 Å². The summed E-state index contributed by atoms with van der Waals surface area (Å²) in [6, 6.07) is 15.6. The first-order valence-corrected chi connectivity index (χ1v) is 7.30. The Morgan fingerprint density at radius 1 is 1.14 bits per heavy atom. The summed E-state index contributed by atoms with van der Waals surface area (Å²) in [7, 11) is 0. The lowest BCUT2D eigenvalue weighted by Gasteiger charge is -2.14. The van der Waals surface area contributed by atoms with Gasteiger partial charge < -0.3 is 10.4 Å². The zero-order chi connectivity index (χ0) is 14.4. The average Bonchev–Trinajstić information content (AvgIpc) is 2.45. The van der Waals surface area contributed by atoms with E-state index in [0.29, 0.717) is 5.75 Å². The standard InChI is InChI=1S/C17H20ClNO.ClH/c1-13(15-7-4-9-16(20)12-15)19-11-5-8-14-6-2-3-10-17(14)18;/h2-4,6-7,9-10,12-13,19-20H,5,8,11H2,1H3;1H. The molecule has 0 aliphatic heterocycles. The maximum absolute atomic E-state index is 9.47. The first-order chi connectivity index (χ1) is 9.66. The molecule has 1 unspecified atom stereocenters. The fourth-order valence-electron chi connectivity index (χ4n) is 2.21. The number of aromatic hydroxyl groups is 1. The van der Waals surface area contributed by atoms with Gasteiger partial charge in [-0.2, -0.15) is 0 Å². The number of hydrogen-bond donors (Lipinski definition) is 2. The molecule has 21 heavy (non-hydrogen) atoms.